The van der Waals surface area contributed by atoms with Crippen molar-refractivity contribution < 1.29 is 4.74 Å². The standard InChI is InChI=1S/C21H17N3O/c22-23-14-15-4-3-6-19(12-15)25-18-10-8-16(9-11-18)21-13-17-5-1-2-7-20(17)24-21/h1-14,24H,22H2. The molecule has 0 atom stereocenters. The summed E-state index contributed by atoms with van der Waals surface area (Å²) in [6.45, 7) is 0. The topological polar surface area (TPSA) is 63.4 Å². The predicted molar refractivity (Wildman–Crippen MR) is 102 cm³/mol. The van der Waals surface area contributed by atoms with E-state index in [9.17, 15) is 0 Å². The number of nitrogens with two attached hydrogens (primary N) is 1. The molecule has 0 aliphatic rings. The zero-order valence-corrected chi connectivity index (χ0v) is 13.5. The summed E-state index contributed by atoms with van der Waals surface area (Å²) in [6, 6.07) is 26.0. The van der Waals surface area contributed by atoms with Gasteiger partial charge >= 0.3 is 0 Å². The fourth-order valence-corrected chi connectivity index (χ4v) is 2.81. The van der Waals surface area contributed by atoms with Crippen LogP contribution in [-0.4, -0.2) is 11.2 Å². The van der Waals surface area contributed by atoms with Gasteiger partial charge in [-0.1, -0.05) is 30.3 Å². The summed E-state index contributed by atoms with van der Waals surface area (Å²) in [6.07, 6.45) is 1.59. The number of ether oxygens (including phenoxy) is 1. The van der Waals surface area contributed by atoms with Crippen molar-refractivity contribution in [2.45, 2.75) is 0 Å². The summed E-state index contributed by atoms with van der Waals surface area (Å²) in [7, 11) is 0. The second-order valence-corrected chi connectivity index (χ2v) is 5.75. The first-order valence-corrected chi connectivity index (χ1v) is 8.01. The predicted octanol–water partition coefficient (Wildman–Crippen LogP) is 4.92. The molecule has 1 heterocycles. The second-order valence-electron chi connectivity index (χ2n) is 5.75. The zero-order chi connectivity index (χ0) is 17.1. The lowest BCUT2D eigenvalue weighted by atomic mass is 10.1. The Hall–Kier alpha value is -3.53. The van der Waals surface area contributed by atoms with E-state index in [1.807, 2.05) is 60.7 Å². The molecular weight excluding hydrogens is 310 g/mol. The van der Waals surface area contributed by atoms with Gasteiger partial charge in [-0.05, 0) is 59.7 Å². The highest BCUT2D eigenvalue weighted by Gasteiger charge is 2.04. The van der Waals surface area contributed by atoms with Gasteiger partial charge < -0.3 is 15.6 Å². The Bertz CT molecular complexity index is 999. The molecule has 0 fully saturated rings. The van der Waals surface area contributed by atoms with Crippen molar-refractivity contribution in [2.24, 2.45) is 10.9 Å². The van der Waals surface area contributed by atoms with Crippen molar-refractivity contribution in [1.29, 1.82) is 0 Å². The number of rotatable bonds is 4. The summed E-state index contributed by atoms with van der Waals surface area (Å²) < 4.78 is 5.90. The third kappa shape index (κ3) is 3.23. The molecule has 3 N–H and O–H groups in total. The normalized spacial score (nSPS) is 11.2. The Balaban J connectivity index is 1.56. The van der Waals surface area contributed by atoms with Crippen LogP contribution in [0.25, 0.3) is 22.2 Å². The average Bonchev–Trinajstić information content (AvgIpc) is 3.07. The van der Waals surface area contributed by atoms with E-state index in [0.717, 1.165) is 33.8 Å². The minimum atomic E-state index is 0.746. The van der Waals surface area contributed by atoms with Gasteiger partial charge in [0.25, 0.3) is 0 Å². The SMILES string of the molecule is NN=Cc1cccc(Oc2ccc(-c3cc4ccccc4[nH]3)cc2)c1. The molecule has 0 saturated carbocycles. The van der Waals surface area contributed by atoms with Gasteiger partial charge in [-0.3, -0.25) is 0 Å². The Morgan fingerprint density at radius 1 is 0.840 bits per heavy atom. The first-order chi connectivity index (χ1) is 12.3. The molecule has 4 rings (SSSR count). The number of para-hydroxylation sites is 1. The van der Waals surface area contributed by atoms with E-state index < -0.39 is 0 Å². The van der Waals surface area contributed by atoms with Crippen LogP contribution in [0.5, 0.6) is 11.5 Å². The van der Waals surface area contributed by atoms with E-state index >= 15 is 0 Å². The lowest BCUT2D eigenvalue weighted by molar-refractivity contribution is 0.482. The molecule has 1 aromatic heterocycles. The van der Waals surface area contributed by atoms with Gasteiger partial charge in [0.05, 0.1) is 6.21 Å². The van der Waals surface area contributed by atoms with E-state index in [1.165, 1.54) is 5.39 Å². The fourth-order valence-electron chi connectivity index (χ4n) is 2.81. The number of aromatic amines is 1. The van der Waals surface area contributed by atoms with Crippen molar-refractivity contribution in [3.05, 3.63) is 84.4 Å². The van der Waals surface area contributed by atoms with Gasteiger partial charge in [-0.25, -0.2) is 0 Å². The first kappa shape index (κ1) is 15.0. The number of benzene rings is 3. The highest BCUT2D eigenvalue weighted by molar-refractivity contribution is 5.85. The Labute approximate surface area is 145 Å². The fraction of sp³-hybridized carbons (Fsp3) is 0. The summed E-state index contributed by atoms with van der Waals surface area (Å²) in [4.78, 5) is 3.44. The van der Waals surface area contributed by atoms with Crippen LogP contribution in [0.15, 0.2) is 84.0 Å². The Morgan fingerprint density at radius 2 is 1.68 bits per heavy atom. The van der Waals surface area contributed by atoms with E-state index in [1.54, 1.807) is 6.21 Å². The molecule has 0 bridgehead atoms. The number of fused-ring (bicyclic) bond motifs is 1. The maximum atomic E-state index is 5.90. The summed E-state index contributed by atoms with van der Waals surface area (Å²) in [5.74, 6) is 6.71. The van der Waals surface area contributed by atoms with E-state index in [2.05, 4.69) is 28.3 Å². The van der Waals surface area contributed by atoms with Crippen LogP contribution in [0.2, 0.25) is 0 Å². The van der Waals surface area contributed by atoms with E-state index in [0.29, 0.717) is 0 Å². The lowest BCUT2D eigenvalue weighted by Gasteiger charge is -2.07. The summed E-state index contributed by atoms with van der Waals surface area (Å²) in [5, 5.41) is 4.74. The molecule has 25 heavy (non-hydrogen) atoms. The summed E-state index contributed by atoms with van der Waals surface area (Å²) >= 11 is 0. The number of H-pyrrole nitrogens is 1. The third-order valence-electron chi connectivity index (χ3n) is 4.01. The largest absolute Gasteiger partial charge is 0.457 e. The number of aromatic nitrogens is 1. The molecule has 0 radical (unpaired) electrons. The average molecular weight is 327 g/mol. The molecule has 4 heteroatoms. The van der Waals surface area contributed by atoms with Crippen LogP contribution in [0, 0.1) is 0 Å². The van der Waals surface area contributed by atoms with Crippen molar-refractivity contribution >= 4 is 17.1 Å². The molecule has 0 unspecified atom stereocenters. The van der Waals surface area contributed by atoms with Gasteiger partial charge in [0.1, 0.15) is 11.5 Å². The number of hydrogen-bond acceptors (Lipinski definition) is 3. The molecule has 4 nitrogen and oxygen atoms in total. The number of nitrogens with zero attached hydrogens (tertiary/aromatic N) is 1. The number of nitrogens with one attached hydrogen (secondary N) is 1. The molecule has 0 aliphatic carbocycles. The van der Waals surface area contributed by atoms with Crippen molar-refractivity contribution in [3.63, 3.8) is 0 Å². The molecule has 0 aliphatic heterocycles. The van der Waals surface area contributed by atoms with Crippen LogP contribution in [0.1, 0.15) is 5.56 Å². The van der Waals surface area contributed by atoms with Gasteiger partial charge in [0, 0.05) is 16.6 Å². The van der Waals surface area contributed by atoms with Crippen LogP contribution in [-0.2, 0) is 0 Å². The van der Waals surface area contributed by atoms with E-state index in [4.69, 9.17) is 10.6 Å². The van der Waals surface area contributed by atoms with Crippen molar-refractivity contribution in [3.8, 4) is 22.8 Å². The maximum absolute atomic E-state index is 5.90. The van der Waals surface area contributed by atoms with Gasteiger partial charge in [-0.15, -0.1) is 0 Å². The molecule has 0 spiro atoms. The molecule has 0 amide bonds. The minimum Gasteiger partial charge on any atom is -0.457 e. The highest BCUT2D eigenvalue weighted by Crippen LogP contribution is 2.28. The van der Waals surface area contributed by atoms with Crippen LogP contribution in [0.3, 0.4) is 0 Å². The van der Waals surface area contributed by atoms with Gasteiger partial charge in [0.15, 0.2) is 0 Å². The zero-order valence-electron chi connectivity index (χ0n) is 13.5. The minimum absolute atomic E-state index is 0.746. The summed E-state index contributed by atoms with van der Waals surface area (Å²) in [5.41, 5.74) is 4.24. The molecule has 122 valence electrons. The number of hydrazone groups is 1. The Morgan fingerprint density at radius 3 is 2.48 bits per heavy atom. The van der Waals surface area contributed by atoms with Gasteiger partial charge in [0.2, 0.25) is 0 Å². The lowest BCUT2D eigenvalue weighted by Crippen LogP contribution is -1.89. The van der Waals surface area contributed by atoms with Crippen LogP contribution >= 0.6 is 0 Å². The van der Waals surface area contributed by atoms with Gasteiger partial charge in [-0.2, -0.15) is 5.10 Å². The Kier molecular flexibility index (Phi) is 3.92. The maximum Gasteiger partial charge on any atom is 0.128 e. The highest BCUT2D eigenvalue weighted by atomic mass is 16.5. The molecule has 0 saturated heterocycles. The smallest absolute Gasteiger partial charge is 0.128 e. The number of hydrogen-bond donors (Lipinski definition) is 2. The molecule has 3 aromatic carbocycles. The van der Waals surface area contributed by atoms with Crippen molar-refractivity contribution in [1.82, 2.24) is 4.98 Å². The van der Waals surface area contributed by atoms with Crippen molar-refractivity contribution in [2.75, 3.05) is 0 Å². The van der Waals surface area contributed by atoms with E-state index in [-0.39, 0.29) is 0 Å². The van der Waals surface area contributed by atoms with Crippen LogP contribution < -0.4 is 10.6 Å². The quantitative estimate of drug-likeness (QED) is 0.317. The van der Waals surface area contributed by atoms with Crippen LogP contribution in [0.4, 0.5) is 0 Å². The second kappa shape index (κ2) is 6.53. The molecule has 4 aromatic rings. The third-order valence-corrected chi connectivity index (χ3v) is 4.01. The first-order valence-electron chi connectivity index (χ1n) is 8.01. The monoisotopic (exact) mass is 327 g/mol. The molecular formula is C21H17N3O.